The maximum absolute atomic E-state index is 11.6. The molecule has 2 rings (SSSR count). The molecule has 0 amide bonds. The lowest BCUT2D eigenvalue weighted by atomic mass is 10.3. The molecule has 0 fully saturated rings. The summed E-state index contributed by atoms with van der Waals surface area (Å²) in [6.07, 6.45) is 1.39. The molecule has 0 spiro atoms. The van der Waals surface area contributed by atoms with Crippen LogP contribution < -0.4 is 11.0 Å². The van der Waals surface area contributed by atoms with Crippen molar-refractivity contribution in [2.24, 2.45) is 0 Å². The second kappa shape index (κ2) is 3.78. The molecule has 2 aromatic rings. The van der Waals surface area contributed by atoms with Crippen molar-refractivity contribution in [3.8, 4) is 5.69 Å². The fourth-order valence-corrected chi connectivity index (χ4v) is 1.38. The summed E-state index contributed by atoms with van der Waals surface area (Å²) >= 11 is 3.87. The Labute approximate surface area is 90.6 Å². The van der Waals surface area contributed by atoms with Crippen LogP contribution in [0.2, 0.25) is 0 Å². The van der Waals surface area contributed by atoms with E-state index in [1.54, 1.807) is 24.3 Å². The van der Waals surface area contributed by atoms with Crippen molar-refractivity contribution >= 4 is 12.6 Å². The molecular formula is C10H8N2O2S. The summed E-state index contributed by atoms with van der Waals surface area (Å²) in [5, 5.41) is 2.69. The molecular weight excluding hydrogens is 212 g/mol. The highest BCUT2D eigenvalue weighted by Gasteiger charge is 2.04. The predicted molar refractivity (Wildman–Crippen MR) is 59.9 cm³/mol. The van der Waals surface area contributed by atoms with Crippen LogP contribution in [0.5, 0.6) is 0 Å². The molecule has 0 atom stereocenters. The van der Waals surface area contributed by atoms with E-state index in [0.29, 0.717) is 5.69 Å². The normalized spacial score (nSPS) is 10.2. The Balaban J connectivity index is 2.72. The minimum Gasteiger partial charge on any atom is -0.297 e. The molecule has 1 heterocycles. The molecule has 15 heavy (non-hydrogen) atoms. The standard InChI is InChI=1S/C10H8N2O2S/c13-9-8(15)6-11-12(10(9)14)7-4-2-1-3-5-7/h1-6,11,15H. The van der Waals surface area contributed by atoms with E-state index in [2.05, 4.69) is 17.7 Å². The van der Waals surface area contributed by atoms with Crippen molar-refractivity contribution in [1.82, 2.24) is 9.78 Å². The van der Waals surface area contributed by atoms with Crippen molar-refractivity contribution in [1.29, 1.82) is 0 Å². The number of nitrogens with zero attached hydrogens (tertiary/aromatic N) is 1. The zero-order valence-corrected chi connectivity index (χ0v) is 8.57. The first kappa shape index (κ1) is 9.79. The Morgan fingerprint density at radius 1 is 1.13 bits per heavy atom. The van der Waals surface area contributed by atoms with Crippen molar-refractivity contribution in [2.45, 2.75) is 4.90 Å². The lowest BCUT2D eigenvalue weighted by Crippen LogP contribution is -2.35. The molecule has 0 aliphatic carbocycles. The Kier molecular flexibility index (Phi) is 2.47. The first-order valence-corrected chi connectivity index (χ1v) is 4.74. The van der Waals surface area contributed by atoms with Gasteiger partial charge < -0.3 is 0 Å². The Morgan fingerprint density at radius 3 is 2.47 bits per heavy atom. The number of hydrogen-bond donors (Lipinski definition) is 2. The van der Waals surface area contributed by atoms with Crippen molar-refractivity contribution in [2.75, 3.05) is 0 Å². The number of H-pyrrole nitrogens is 1. The van der Waals surface area contributed by atoms with E-state index < -0.39 is 11.0 Å². The molecule has 1 aromatic carbocycles. The number of benzene rings is 1. The smallest absolute Gasteiger partial charge is 0.297 e. The molecule has 0 saturated heterocycles. The number of aromatic nitrogens is 2. The number of rotatable bonds is 1. The molecule has 1 aromatic heterocycles. The predicted octanol–water partition coefficient (Wildman–Crippen LogP) is 0.814. The molecule has 0 unspecified atom stereocenters. The van der Waals surface area contributed by atoms with E-state index in [4.69, 9.17) is 0 Å². The van der Waals surface area contributed by atoms with Crippen LogP contribution in [0.25, 0.3) is 5.69 Å². The average molecular weight is 220 g/mol. The molecule has 0 aliphatic heterocycles. The van der Waals surface area contributed by atoms with Crippen LogP contribution in [-0.4, -0.2) is 9.78 Å². The molecule has 0 aliphatic rings. The van der Waals surface area contributed by atoms with Gasteiger partial charge in [0.2, 0.25) is 0 Å². The Hall–Kier alpha value is -1.75. The van der Waals surface area contributed by atoms with Crippen molar-refractivity contribution in [3.05, 3.63) is 57.1 Å². The van der Waals surface area contributed by atoms with Gasteiger partial charge >= 0.3 is 5.56 Å². The number of nitrogens with one attached hydrogen (secondary N) is 1. The third-order valence-corrected chi connectivity index (χ3v) is 2.31. The first-order chi connectivity index (χ1) is 7.20. The summed E-state index contributed by atoms with van der Waals surface area (Å²) in [6.45, 7) is 0. The Bertz CT molecular complexity index is 586. The van der Waals surface area contributed by atoms with Gasteiger partial charge in [-0.1, -0.05) is 18.2 Å². The minimum atomic E-state index is -0.631. The largest absolute Gasteiger partial charge is 0.318 e. The zero-order valence-electron chi connectivity index (χ0n) is 7.68. The van der Waals surface area contributed by atoms with Crippen LogP contribution in [0.15, 0.2) is 51.0 Å². The fraction of sp³-hybridized carbons (Fsp3) is 0. The van der Waals surface area contributed by atoms with Gasteiger partial charge in [-0.05, 0) is 12.1 Å². The lowest BCUT2D eigenvalue weighted by Gasteiger charge is -2.04. The zero-order chi connectivity index (χ0) is 10.8. The summed E-state index contributed by atoms with van der Waals surface area (Å²) in [5.74, 6) is 0. The van der Waals surface area contributed by atoms with Gasteiger partial charge in [-0.15, -0.1) is 12.6 Å². The molecule has 0 radical (unpaired) electrons. The molecule has 0 bridgehead atoms. The van der Waals surface area contributed by atoms with Crippen molar-refractivity contribution in [3.63, 3.8) is 0 Å². The van der Waals surface area contributed by atoms with Crippen LogP contribution >= 0.6 is 12.6 Å². The lowest BCUT2D eigenvalue weighted by molar-refractivity contribution is 0.778. The summed E-state index contributed by atoms with van der Waals surface area (Å²) < 4.78 is 1.18. The number of aromatic amines is 1. The number of thiol groups is 1. The van der Waals surface area contributed by atoms with E-state index >= 15 is 0 Å². The van der Waals surface area contributed by atoms with Gasteiger partial charge in [-0.2, -0.15) is 0 Å². The van der Waals surface area contributed by atoms with Gasteiger partial charge in [-0.25, -0.2) is 4.68 Å². The van der Waals surface area contributed by atoms with Crippen LogP contribution in [0.1, 0.15) is 0 Å². The van der Waals surface area contributed by atoms with Gasteiger partial charge in [0.25, 0.3) is 5.43 Å². The average Bonchev–Trinajstić information content (AvgIpc) is 2.27. The molecule has 4 nitrogen and oxygen atoms in total. The van der Waals surface area contributed by atoms with Crippen LogP contribution in [0.3, 0.4) is 0 Å². The summed E-state index contributed by atoms with van der Waals surface area (Å²) in [7, 11) is 0. The van der Waals surface area contributed by atoms with E-state index in [1.807, 2.05) is 6.07 Å². The quantitative estimate of drug-likeness (QED) is 0.552. The molecule has 76 valence electrons. The summed E-state index contributed by atoms with van der Waals surface area (Å²) in [5.41, 5.74) is -0.623. The number of para-hydroxylation sites is 1. The number of hydrogen-bond acceptors (Lipinski definition) is 3. The Morgan fingerprint density at radius 2 is 1.80 bits per heavy atom. The van der Waals surface area contributed by atoms with E-state index in [-0.39, 0.29) is 4.90 Å². The highest BCUT2D eigenvalue weighted by Crippen LogP contribution is 2.01. The van der Waals surface area contributed by atoms with Gasteiger partial charge in [0.1, 0.15) is 0 Å². The van der Waals surface area contributed by atoms with Gasteiger partial charge in [0.05, 0.1) is 10.6 Å². The monoisotopic (exact) mass is 220 g/mol. The van der Waals surface area contributed by atoms with E-state index in [1.165, 1.54) is 10.9 Å². The summed E-state index contributed by atoms with van der Waals surface area (Å²) in [6, 6.07) is 8.87. The minimum absolute atomic E-state index is 0.118. The van der Waals surface area contributed by atoms with Crippen LogP contribution in [0.4, 0.5) is 0 Å². The molecule has 1 N–H and O–H groups in total. The highest BCUT2D eigenvalue weighted by atomic mass is 32.1. The van der Waals surface area contributed by atoms with E-state index in [9.17, 15) is 9.59 Å². The third-order valence-electron chi connectivity index (χ3n) is 1.97. The van der Waals surface area contributed by atoms with Gasteiger partial charge in [0.15, 0.2) is 0 Å². The van der Waals surface area contributed by atoms with Crippen LogP contribution in [0, 0.1) is 0 Å². The highest BCUT2D eigenvalue weighted by molar-refractivity contribution is 7.80. The van der Waals surface area contributed by atoms with Crippen molar-refractivity contribution < 1.29 is 0 Å². The van der Waals surface area contributed by atoms with Gasteiger partial charge in [-0.3, -0.25) is 14.7 Å². The summed E-state index contributed by atoms with van der Waals surface area (Å²) in [4.78, 5) is 23.0. The second-order valence-electron chi connectivity index (χ2n) is 2.96. The van der Waals surface area contributed by atoms with Crippen LogP contribution in [-0.2, 0) is 0 Å². The SMILES string of the molecule is O=c1c(S)c[nH]n(-c2ccccc2)c1=O. The second-order valence-corrected chi connectivity index (χ2v) is 3.45. The maximum Gasteiger partial charge on any atom is 0.318 e. The molecule has 0 saturated carbocycles. The fourth-order valence-electron chi connectivity index (χ4n) is 1.23. The third kappa shape index (κ3) is 1.73. The topological polar surface area (TPSA) is 54.9 Å². The molecule has 5 heteroatoms. The first-order valence-electron chi connectivity index (χ1n) is 4.29. The van der Waals surface area contributed by atoms with Gasteiger partial charge in [0, 0.05) is 6.20 Å². The maximum atomic E-state index is 11.6. The van der Waals surface area contributed by atoms with E-state index in [0.717, 1.165) is 0 Å².